The van der Waals surface area contributed by atoms with Gasteiger partial charge in [-0.15, -0.1) is 0 Å². The third-order valence-electron chi connectivity index (χ3n) is 2.99. The fourth-order valence-corrected chi connectivity index (χ4v) is 3.55. The predicted molar refractivity (Wildman–Crippen MR) is 70.5 cm³/mol. The maximum absolute atomic E-state index is 11.8. The Morgan fingerprint density at radius 1 is 1.42 bits per heavy atom. The van der Waals surface area contributed by atoms with E-state index >= 15 is 0 Å². The largest absolute Gasteiger partial charge is 0.354 e. The molecule has 0 aliphatic carbocycles. The number of amides is 1. The lowest BCUT2D eigenvalue weighted by Crippen LogP contribution is -2.49. The zero-order valence-electron chi connectivity index (χ0n) is 11.5. The van der Waals surface area contributed by atoms with E-state index in [1.54, 1.807) is 6.92 Å². The number of methoxy groups -OCH3 is 2. The summed E-state index contributed by atoms with van der Waals surface area (Å²) in [5.41, 5.74) is 0. The molecule has 1 amide bonds. The number of rotatable bonds is 6. The Balaban J connectivity index is 2.42. The van der Waals surface area contributed by atoms with Crippen LogP contribution in [0.2, 0.25) is 0 Å². The van der Waals surface area contributed by atoms with Crippen LogP contribution in [0.1, 0.15) is 13.3 Å². The first-order valence-corrected chi connectivity index (χ1v) is 7.99. The molecule has 0 radical (unpaired) electrons. The first-order valence-electron chi connectivity index (χ1n) is 6.16. The van der Waals surface area contributed by atoms with Gasteiger partial charge in [0.2, 0.25) is 5.91 Å². The van der Waals surface area contributed by atoms with Crippen LogP contribution in [0, 0.1) is 0 Å². The van der Waals surface area contributed by atoms with Crippen molar-refractivity contribution in [3.63, 3.8) is 0 Å². The molecule has 1 fully saturated rings. The molecule has 0 aromatic rings. The van der Waals surface area contributed by atoms with Gasteiger partial charge in [-0.3, -0.25) is 4.79 Å². The maximum Gasteiger partial charge on any atom is 0.221 e. The molecule has 1 aliphatic rings. The molecule has 1 rings (SSSR count). The van der Waals surface area contributed by atoms with E-state index in [0.29, 0.717) is 6.54 Å². The summed E-state index contributed by atoms with van der Waals surface area (Å²) in [7, 11) is -0.0392. The number of nitrogens with one attached hydrogen (secondary N) is 2. The van der Waals surface area contributed by atoms with Crippen LogP contribution in [0.3, 0.4) is 0 Å². The van der Waals surface area contributed by atoms with E-state index in [1.165, 1.54) is 14.2 Å². The Morgan fingerprint density at radius 2 is 2.05 bits per heavy atom. The molecule has 0 spiro atoms. The monoisotopic (exact) mass is 294 g/mol. The summed E-state index contributed by atoms with van der Waals surface area (Å²) in [6, 6.07) is -0.628. The molecule has 0 aromatic carbocycles. The second-order valence-corrected chi connectivity index (χ2v) is 6.89. The summed E-state index contributed by atoms with van der Waals surface area (Å²) in [6.07, 6.45) is -0.393. The Morgan fingerprint density at radius 3 is 2.58 bits per heavy atom. The number of hydrogen-bond donors (Lipinski definition) is 2. The average Bonchev–Trinajstić information content (AvgIpc) is 2.28. The molecule has 0 saturated carbocycles. The molecule has 19 heavy (non-hydrogen) atoms. The quantitative estimate of drug-likeness (QED) is 0.603. The smallest absolute Gasteiger partial charge is 0.221 e. The third-order valence-corrected chi connectivity index (χ3v) is 4.73. The molecule has 2 N–H and O–H groups in total. The Labute approximate surface area is 113 Å². The van der Waals surface area contributed by atoms with E-state index in [1.807, 2.05) is 0 Å². The molecule has 7 nitrogen and oxygen atoms in total. The van der Waals surface area contributed by atoms with Crippen LogP contribution < -0.4 is 10.6 Å². The van der Waals surface area contributed by atoms with Crippen molar-refractivity contribution in [3.05, 3.63) is 0 Å². The van der Waals surface area contributed by atoms with Crippen LogP contribution in [0.4, 0.5) is 0 Å². The van der Waals surface area contributed by atoms with E-state index < -0.39 is 16.1 Å². The van der Waals surface area contributed by atoms with Crippen molar-refractivity contribution >= 4 is 15.7 Å². The second-order valence-electron chi connectivity index (χ2n) is 4.67. The van der Waals surface area contributed by atoms with E-state index in [9.17, 15) is 13.2 Å². The number of hydrogen-bond acceptors (Lipinski definition) is 6. The van der Waals surface area contributed by atoms with Gasteiger partial charge in [-0.05, 0) is 6.92 Å². The number of carbonyl (C=O) groups excluding carboxylic acids is 1. The van der Waals surface area contributed by atoms with Gasteiger partial charge in [0.15, 0.2) is 16.1 Å². The van der Waals surface area contributed by atoms with E-state index in [-0.39, 0.29) is 35.9 Å². The summed E-state index contributed by atoms with van der Waals surface area (Å²) in [6.45, 7) is 2.16. The van der Waals surface area contributed by atoms with Gasteiger partial charge in [0.05, 0.1) is 17.5 Å². The third kappa shape index (κ3) is 5.43. The molecule has 0 bridgehead atoms. The van der Waals surface area contributed by atoms with Crippen molar-refractivity contribution in [1.82, 2.24) is 10.6 Å². The molecule has 1 aliphatic heterocycles. The molecule has 8 heteroatoms. The van der Waals surface area contributed by atoms with Gasteiger partial charge in [-0.2, -0.15) is 0 Å². The molecule has 1 heterocycles. The zero-order valence-corrected chi connectivity index (χ0v) is 12.3. The number of sulfone groups is 1. The SMILES string of the molecule is COC(OC)C(C)NC(=O)CC1CS(=O)(=O)CCN1. The van der Waals surface area contributed by atoms with Crippen molar-refractivity contribution in [2.24, 2.45) is 0 Å². The number of carbonyl (C=O) groups is 1. The maximum atomic E-state index is 11.8. The summed E-state index contributed by atoms with van der Waals surface area (Å²) in [4.78, 5) is 11.8. The van der Waals surface area contributed by atoms with Gasteiger partial charge in [-0.1, -0.05) is 0 Å². The topological polar surface area (TPSA) is 93.7 Å². The van der Waals surface area contributed by atoms with Gasteiger partial charge in [-0.25, -0.2) is 8.42 Å². The summed E-state index contributed by atoms with van der Waals surface area (Å²) in [5.74, 6) is -0.0785. The van der Waals surface area contributed by atoms with Crippen molar-refractivity contribution in [3.8, 4) is 0 Å². The highest BCUT2D eigenvalue weighted by molar-refractivity contribution is 7.91. The lowest BCUT2D eigenvalue weighted by molar-refractivity contribution is -0.136. The Bertz CT molecular complexity index is 394. The van der Waals surface area contributed by atoms with Crippen LogP contribution >= 0.6 is 0 Å². The van der Waals surface area contributed by atoms with Crippen LogP contribution in [-0.2, 0) is 24.1 Å². The highest BCUT2D eigenvalue weighted by atomic mass is 32.2. The average molecular weight is 294 g/mol. The van der Waals surface area contributed by atoms with E-state index in [0.717, 1.165) is 0 Å². The van der Waals surface area contributed by atoms with Crippen LogP contribution in [-0.4, -0.2) is 65.0 Å². The zero-order chi connectivity index (χ0) is 14.5. The fourth-order valence-electron chi connectivity index (χ4n) is 2.11. The Hall–Kier alpha value is -0.700. The minimum absolute atomic E-state index is 0.00673. The normalized spacial score (nSPS) is 24.1. The van der Waals surface area contributed by atoms with Crippen LogP contribution in [0.5, 0.6) is 0 Å². The van der Waals surface area contributed by atoms with Crippen molar-refractivity contribution < 1.29 is 22.7 Å². The summed E-state index contributed by atoms with van der Waals surface area (Å²) in [5, 5.41) is 5.77. The minimum Gasteiger partial charge on any atom is -0.354 e. The first-order chi connectivity index (χ1) is 8.88. The summed E-state index contributed by atoms with van der Waals surface area (Å²) < 4.78 is 33.0. The standard InChI is InChI=1S/C11H22N2O5S/c1-8(11(17-2)18-3)13-10(14)6-9-7-19(15,16)5-4-12-9/h8-9,11-12H,4-7H2,1-3H3,(H,13,14). The number of ether oxygens (including phenoxy) is 2. The van der Waals surface area contributed by atoms with Crippen molar-refractivity contribution in [1.29, 1.82) is 0 Å². The van der Waals surface area contributed by atoms with E-state index in [2.05, 4.69) is 10.6 Å². The molecule has 2 unspecified atom stereocenters. The first kappa shape index (κ1) is 16.4. The second kappa shape index (κ2) is 7.18. The summed E-state index contributed by atoms with van der Waals surface area (Å²) >= 11 is 0. The molecule has 112 valence electrons. The van der Waals surface area contributed by atoms with Gasteiger partial charge < -0.3 is 20.1 Å². The van der Waals surface area contributed by atoms with Crippen molar-refractivity contribution in [2.45, 2.75) is 31.7 Å². The van der Waals surface area contributed by atoms with Crippen LogP contribution in [0.25, 0.3) is 0 Å². The molecular formula is C11H22N2O5S. The predicted octanol–water partition coefficient (Wildman–Crippen LogP) is -1.11. The molecular weight excluding hydrogens is 272 g/mol. The molecule has 2 atom stereocenters. The lowest BCUT2D eigenvalue weighted by Gasteiger charge is -2.25. The van der Waals surface area contributed by atoms with Gasteiger partial charge in [0.1, 0.15) is 0 Å². The Kier molecular flexibility index (Phi) is 6.18. The van der Waals surface area contributed by atoms with Gasteiger partial charge >= 0.3 is 0 Å². The highest BCUT2D eigenvalue weighted by Crippen LogP contribution is 2.06. The van der Waals surface area contributed by atoms with Gasteiger partial charge in [0.25, 0.3) is 0 Å². The van der Waals surface area contributed by atoms with Gasteiger partial charge in [0, 0.05) is 33.2 Å². The van der Waals surface area contributed by atoms with E-state index in [4.69, 9.17) is 9.47 Å². The minimum atomic E-state index is -3.02. The fraction of sp³-hybridized carbons (Fsp3) is 0.909. The molecule has 1 saturated heterocycles. The van der Waals surface area contributed by atoms with Crippen LogP contribution in [0.15, 0.2) is 0 Å². The lowest BCUT2D eigenvalue weighted by atomic mass is 10.2. The van der Waals surface area contributed by atoms with Crippen molar-refractivity contribution in [2.75, 3.05) is 32.3 Å². The molecule has 0 aromatic heterocycles. The highest BCUT2D eigenvalue weighted by Gasteiger charge is 2.27.